The summed E-state index contributed by atoms with van der Waals surface area (Å²) in [5, 5.41) is 11.5. The van der Waals surface area contributed by atoms with Crippen molar-refractivity contribution in [3.8, 4) is 11.5 Å². The monoisotopic (exact) mass is 426 g/mol. The molecule has 7 nitrogen and oxygen atoms in total. The van der Waals surface area contributed by atoms with Gasteiger partial charge in [-0.05, 0) is 12.1 Å². The van der Waals surface area contributed by atoms with E-state index in [-0.39, 0.29) is 12.7 Å². The summed E-state index contributed by atoms with van der Waals surface area (Å²) in [7, 11) is 0. The highest BCUT2D eigenvalue weighted by Crippen LogP contribution is 2.42. The fourth-order valence-corrected chi connectivity index (χ4v) is 4.20. The molecule has 2 aromatic rings. The Morgan fingerprint density at radius 1 is 1.31 bits per heavy atom. The molecule has 3 heterocycles. The summed E-state index contributed by atoms with van der Waals surface area (Å²) in [5.74, 6) is 1.55. The van der Waals surface area contributed by atoms with Crippen molar-refractivity contribution >= 4 is 40.1 Å². The van der Waals surface area contributed by atoms with Crippen molar-refractivity contribution in [3.63, 3.8) is 0 Å². The van der Waals surface area contributed by atoms with Crippen molar-refractivity contribution in [2.45, 2.75) is 6.17 Å². The van der Waals surface area contributed by atoms with Crippen molar-refractivity contribution in [2.75, 3.05) is 12.5 Å². The van der Waals surface area contributed by atoms with E-state index < -0.39 is 6.17 Å². The number of amides is 1. The largest absolute Gasteiger partial charge is 0.454 e. The minimum absolute atomic E-state index is 0.143. The molecule has 2 aromatic carbocycles. The topological polar surface area (TPSA) is 75.5 Å². The van der Waals surface area contributed by atoms with E-state index in [0.717, 1.165) is 5.22 Å². The third-order valence-corrected chi connectivity index (χ3v) is 5.81. The predicted molar refractivity (Wildman–Crippen MR) is 111 cm³/mol. The van der Waals surface area contributed by atoms with Gasteiger partial charge in [0.2, 0.25) is 6.79 Å². The Balaban J connectivity index is 1.71. The van der Waals surface area contributed by atoms with Crippen LogP contribution in [0.25, 0.3) is 5.70 Å². The number of amidine groups is 1. The molecule has 3 aliphatic rings. The van der Waals surface area contributed by atoms with Crippen LogP contribution in [0.4, 0.5) is 0 Å². The number of fused-ring (bicyclic) bond motifs is 3. The number of nitrogens with zero attached hydrogens (tertiary/aromatic N) is 3. The lowest BCUT2D eigenvalue weighted by Crippen LogP contribution is -2.50. The maximum absolute atomic E-state index is 13.0. The average molecular weight is 427 g/mol. The highest BCUT2D eigenvalue weighted by atomic mass is 35.5. The first-order valence-corrected chi connectivity index (χ1v) is 10.2. The Morgan fingerprint density at radius 2 is 2.10 bits per heavy atom. The number of hydrogen-bond acceptors (Lipinski definition) is 7. The number of rotatable bonds is 3. The fraction of sp³-hybridized carbons (Fsp3) is 0.150. The fourth-order valence-electron chi connectivity index (χ4n) is 3.36. The molecule has 146 valence electrons. The Labute approximate surface area is 175 Å². The summed E-state index contributed by atoms with van der Waals surface area (Å²) in [4.78, 5) is 17.8. The molecule has 0 spiro atoms. The number of carbonyl (C=O) groups excluding carboxylic acids is 1. The zero-order valence-corrected chi connectivity index (χ0v) is 16.7. The molecule has 29 heavy (non-hydrogen) atoms. The smallest absolute Gasteiger partial charge is 0.276 e. The number of ether oxygens (including phenoxy) is 2. The summed E-state index contributed by atoms with van der Waals surface area (Å²) in [5.41, 5.74) is 1.10. The second-order valence-electron chi connectivity index (χ2n) is 6.40. The predicted octanol–water partition coefficient (Wildman–Crippen LogP) is 2.13. The lowest BCUT2D eigenvalue weighted by Gasteiger charge is -2.34. The van der Waals surface area contributed by atoms with Crippen LogP contribution in [0.2, 0.25) is 5.02 Å². The minimum Gasteiger partial charge on any atom is -0.454 e. The molecule has 0 fully saturated rings. The molecule has 0 aromatic heterocycles. The second-order valence-corrected chi connectivity index (χ2v) is 7.81. The van der Waals surface area contributed by atoms with Crippen molar-refractivity contribution in [2.24, 2.45) is 10.1 Å². The lowest BCUT2D eigenvalue weighted by molar-refractivity contribution is -0.116. The van der Waals surface area contributed by atoms with E-state index in [0.29, 0.717) is 44.1 Å². The first kappa shape index (κ1) is 18.1. The van der Waals surface area contributed by atoms with Crippen molar-refractivity contribution in [1.82, 2.24) is 10.3 Å². The molecule has 3 aliphatic heterocycles. The van der Waals surface area contributed by atoms with Gasteiger partial charge in [0.1, 0.15) is 5.70 Å². The Kier molecular flexibility index (Phi) is 4.44. The van der Waals surface area contributed by atoms with Crippen molar-refractivity contribution in [1.29, 1.82) is 0 Å². The quantitative estimate of drug-likeness (QED) is 0.761. The van der Waals surface area contributed by atoms with E-state index in [4.69, 9.17) is 26.1 Å². The lowest BCUT2D eigenvalue weighted by atomic mass is 10.1. The summed E-state index contributed by atoms with van der Waals surface area (Å²) in [6, 6.07) is 11.0. The van der Waals surface area contributed by atoms with E-state index >= 15 is 0 Å². The zero-order chi connectivity index (χ0) is 20.0. The van der Waals surface area contributed by atoms with Gasteiger partial charge in [0.25, 0.3) is 5.91 Å². The van der Waals surface area contributed by atoms with Gasteiger partial charge in [-0.2, -0.15) is 0 Å². The molecule has 0 radical (unpaired) electrons. The first-order valence-electron chi connectivity index (χ1n) is 8.85. The van der Waals surface area contributed by atoms with Crippen LogP contribution in [-0.4, -0.2) is 28.6 Å². The van der Waals surface area contributed by atoms with Gasteiger partial charge in [-0.3, -0.25) is 15.1 Å². The second kappa shape index (κ2) is 7.13. The molecule has 1 amide bonds. The molecule has 0 bridgehead atoms. The summed E-state index contributed by atoms with van der Waals surface area (Å²) >= 11 is 7.94. The van der Waals surface area contributed by atoms with E-state index in [1.807, 2.05) is 24.3 Å². The minimum atomic E-state index is -0.618. The molecule has 0 aliphatic carbocycles. The van der Waals surface area contributed by atoms with E-state index in [1.165, 1.54) is 11.8 Å². The molecule has 0 unspecified atom stereocenters. The Bertz CT molecular complexity index is 1200. The van der Waals surface area contributed by atoms with Gasteiger partial charge in [0.15, 0.2) is 22.8 Å². The molecule has 1 atom stereocenters. The van der Waals surface area contributed by atoms with Gasteiger partial charge < -0.3 is 9.47 Å². The molecular weight excluding hydrogens is 412 g/mol. The third-order valence-electron chi connectivity index (χ3n) is 4.62. The summed E-state index contributed by atoms with van der Waals surface area (Å²) in [6.07, 6.45) is 1.13. The third kappa shape index (κ3) is 3.04. The standard InChI is InChI=1S/C20H15ClN4O3S/c1-2-7-29-20-23-19(26)17-11-5-3-4-6-14(11)22-18(25(17)24-20)12-8-15-16(9-13(12)21)28-10-27-15/h2-6,8-9,18H,1,7,10H2,(H,23,24,26)/t18-/m1/s1. The zero-order valence-electron chi connectivity index (χ0n) is 15.1. The number of thioether (sulfide) groups is 1. The Morgan fingerprint density at radius 3 is 2.93 bits per heavy atom. The van der Waals surface area contributed by atoms with Gasteiger partial charge in [0.05, 0.1) is 10.4 Å². The van der Waals surface area contributed by atoms with Crippen molar-refractivity contribution < 1.29 is 14.3 Å². The number of halogens is 1. The number of carbonyl (C=O) groups is 1. The van der Waals surface area contributed by atoms with Gasteiger partial charge in [0, 0.05) is 22.6 Å². The molecular formula is C20H15ClN4O3S. The van der Waals surface area contributed by atoms with Crippen LogP contribution < -0.4 is 25.4 Å². The highest BCUT2D eigenvalue weighted by molar-refractivity contribution is 8.14. The van der Waals surface area contributed by atoms with Crippen LogP contribution in [-0.2, 0) is 4.79 Å². The molecule has 0 saturated heterocycles. The molecule has 9 heteroatoms. The molecule has 5 rings (SSSR count). The maximum atomic E-state index is 13.0. The number of para-hydroxylation sites is 1. The number of nitrogens with one attached hydrogen (secondary N) is 1. The summed E-state index contributed by atoms with van der Waals surface area (Å²) in [6.45, 7) is 3.86. The molecule has 1 N–H and O–H groups in total. The normalized spacial score (nSPS) is 19.0. The summed E-state index contributed by atoms with van der Waals surface area (Å²) < 4.78 is 10.9. The number of benzene rings is 2. The SMILES string of the molecule is C=CCSC1=NN2C(=c3ccccc3=N[C@H]2c2cc3c(cc2Cl)OCO3)C(=O)N1. The van der Waals surface area contributed by atoms with Crippen LogP contribution in [0.5, 0.6) is 11.5 Å². The van der Waals surface area contributed by atoms with E-state index in [9.17, 15) is 4.79 Å². The van der Waals surface area contributed by atoms with Crippen LogP contribution >= 0.6 is 23.4 Å². The number of hydrogen-bond donors (Lipinski definition) is 1. The van der Waals surface area contributed by atoms with Crippen LogP contribution in [0.1, 0.15) is 11.7 Å². The van der Waals surface area contributed by atoms with Crippen LogP contribution in [0.3, 0.4) is 0 Å². The first-order chi connectivity index (χ1) is 14.2. The van der Waals surface area contributed by atoms with Gasteiger partial charge in [-0.15, -0.1) is 11.7 Å². The van der Waals surface area contributed by atoms with Gasteiger partial charge >= 0.3 is 0 Å². The Hall–Kier alpha value is -2.97. The molecule has 0 saturated carbocycles. The van der Waals surface area contributed by atoms with Gasteiger partial charge in [-0.25, -0.2) is 5.01 Å². The van der Waals surface area contributed by atoms with E-state index in [2.05, 4.69) is 17.0 Å². The van der Waals surface area contributed by atoms with Crippen LogP contribution in [0, 0.1) is 0 Å². The number of hydrazone groups is 1. The van der Waals surface area contributed by atoms with Crippen molar-refractivity contribution in [3.05, 3.63) is 70.2 Å². The van der Waals surface area contributed by atoms with E-state index in [1.54, 1.807) is 23.2 Å². The van der Waals surface area contributed by atoms with Crippen LogP contribution in [0.15, 0.2) is 59.1 Å². The average Bonchev–Trinajstić information content (AvgIpc) is 3.18. The van der Waals surface area contributed by atoms with Gasteiger partial charge in [-0.1, -0.05) is 47.6 Å². The highest BCUT2D eigenvalue weighted by Gasteiger charge is 2.36. The maximum Gasteiger partial charge on any atom is 0.276 e.